The monoisotopic (exact) mass is 173 g/mol. The van der Waals surface area contributed by atoms with Gasteiger partial charge in [0.2, 0.25) is 0 Å². The summed E-state index contributed by atoms with van der Waals surface area (Å²) in [6.45, 7) is 0. The molecule has 1 aliphatic rings. The standard InChI is InChI=1S/C7H8ClNO2/c1-9-3-2-5(8)4-6(9)7(10)11/h2-4,6H,1H3,(H,10,11). The predicted octanol–water partition coefficient (Wildman–Crippen LogP) is 1.02. The molecule has 1 unspecified atom stereocenters. The van der Waals surface area contributed by atoms with Crippen molar-refractivity contribution in [2.75, 3.05) is 7.05 Å². The topological polar surface area (TPSA) is 40.5 Å². The van der Waals surface area contributed by atoms with Crippen LogP contribution in [0.5, 0.6) is 0 Å². The molecular weight excluding hydrogens is 166 g/mol. The lowest BCUT2D eigenvalue weighted by atomic mass is 10.2. The average molecular weight is 174 g/mol. The Morgan fingerprint density at radius 3 is 2.91 bits per heavy atom. The average Bonchev–Trinajstić information content (AvgIpc) is 1.94. The Hall–Kier alpha value is -0.960. The molecule has 0 aromatic carbocycles. The molecule has 0 fully saturated rings. The number of aliphatic carboxylic acids is 1. The summed E-state index contributed by atoms with van der Waals surface area (Å²) in [5, 5.41) is 9.12. The van der Waals surface area contributed by atoms with Crippen LogP contribution in [0.3, 0.4) is 0 Å². The SMILES string of the molecule is CN1C=CC(Cl)=CC1C(=O)O. The number of rotatable bonds is 1. The van der Waals surface area contributed by atoms with E-state index >= 15 is 0 Å². The second kappa shape index (κ2) is 2.96. The molecule has 4 heteroatoms. The molecule has 0 saturated heterocycles. The third-order valence-corrected chi connectivity index (χ3v) is 1.73. The highest BCUT2D eigenvalue weighted by molar-refractivity contribution is 6.31. The predicted molar refractivity (Wildman–Crippen MR) is 42.3 cm³/mol. The fourth-order valence-corrected chi connectivity index (χ4v) is 1.03. The molecule has 1 aliphatic heterocycles. The second-order valence-corrected chi connectivity index (χ2v) is 2.75. The molecule has 0 radical (unpaired) electrons. The number of carbonyl (C=O) groups is 1. The van der Waals surface area contributed by atoms with Crippen molar-refractivity contribution >= 4 is 17.6 Å². The first-order chi connectivity index (χ1) is 5.11. The van der Waals surface area contributed by atoms with Crippen molar-refractivity contribution in [1.29, 1.82) is 0 Å². The smallest absolute Gasteiger partial charge is 0.330 e. The van der Waals surface area contributed by atoms with Crippen LogP contribution in [0.4, 0.5) is 0 Å². The zero-order chi connectivity index (χ0) is 8.43. The lowest BCUT2D eigenvalue weighted by Gasteiger charge is -2.22. The van der Waals surface area contributed by atoms with E-state index in [1.807, 2.05) is 0 Å². The van der Waals surface area contributed by atoms with Gasteiger partial charge in [0.05, 0.1) is 0 Å². The molecule has 0 aliphatic carbocycles. The molecule has 60 valence electrons. The highest BCUT2D eigenvalue weighted by atomic mass is 35.5. The quantitative estimate of drug-likeness (QED) is 0.644. The normalized spacial score (nSPS) is 23.3. The van der Waals surface area contributed by atoms with Crippen molar-refractivity contribution < 1.29 is 9.90 Å². The fourth-order valence-electron chi connectivity index (χ4n) is 0.851. The molecule has 1 heterocycles. The van der Waals surface area contributed by atoms with E-state index in [1.165, 1.54) is 6.08 Å². The van der Waals surface area contributed by atoms with Crippen molar-refractivity contribution in [2.24, 2.45) is 0 Å². The Balaban J connectivity index is 2.81. The Labute approximate surface area is 69.6 Å². The number of hydrogen-bond acceptors (Lipinski definition) is 2. The van der Waals surface area contributed by atoms with Crippen LogP contribution in [-0.2, 0) is 4.79 Å². The number of carboxylic acids is 1. The maximum Gasteiger partial charge on any atom is 0.330 e. The van der Waals surface area contributed by atoms with E-state index in [-0.39, 0.29) is 0 Å². The van der Waals surface area contributed by atoms with Crippen molar-refractivity contribution in [3.63, 3.8) is 0 Å². The van der Waals surface area contributed by atoms with E-state index in [9.17, 15) is 4.79 Å². The number of carboxylic acid groups (broad SMARTS) is 1. The van der Waals surface area contributed by atoms with Gasteiger partial charge in [0.15, 0.2) is 0 Å². The van der Waals surface area contributed by atoms with Crippen LogP contribution >= 0.6 is 11.6 Å². The number of nitrogens with zero attached hydrogens (tertiary/aromatic N) is 1. The number of halogens is 1. The van der Waals surface area contributed by atoms with Crippen molar-refractivity contribution in [3.05, 3.63) is 23.4 Å². The molecule has 0 aromatic heterocycles. The minimum atomic E-state index is -0.894. The first kappa shape index (κ1) is 8.14. The summed E-state index contributed by atoms with van der Waals surface area (Å²) in [5.41, 5.74) is 0. The van der Waals surface area contributed by atoms with Crippen LogP contribution < -0.4 is 0 Å². The largest absolute Gasteiger partial charge is 0.479 e. The van der Waals surface area contributed by atoms with Crippen LogP contribution in [0.25, 0.3) is 0 Å². The zero-order valence-electron chi connectivity index (χ0n) is 5.99. The van der Waals surface area contributed by atoms with Crippen molar-refractivity contribution in [2.45, 2.75) is 6.04 Å². The van der Waals surface area contributed by atoms with Crippen LogP contribution in [0, 0.1) is 0 Å². The molecule has 0 aromatic rings. The summed E-state index contributed by atoms with van der Waals surface area (Å²) in [5.74, 6) is -0.894. The van der Waals surface area contributed by atoms with Gasteiger partial charge in [0.1, 0.15) is 6.04 Å². The number of likely N-dealkylation sites (N-methyl/N-ethyl adjacent to an activating group) is 1. The molecule has 1 rings (SSSR count). The summed E-state index contributed by atoms with van der Waals surface area (Å²) in [4.78, 5) is 12.1. The van der Waals surface area contributed by atoms with Crippen LogP contribution in [0.2, 0.25) is 0 Å². The maximum atomic E-state index is 10.5. The maximum absolute atomic E-state index is 10.5. The van der Waals surface area contributed by atoms with E-state index in [2.05, 4.69) is 0 Å². The second-order valence-electron chi connectivity index (χ2n) is 2.32. The molecule has 11 heavy (non-hydrogen) atoms. The highest BCUT2D eigenvalue weighted by Gasteiger charge is 2.20. The minimum Gasteiger partial charge on any atom is -0.479 e. The van der Waals surface area contributed by atoms with Crippen molar-refractivity contribution in [1.82, 2.24) is 4.90 Å². The highest BCUT2D eigenvalue weighted by Crippen LogP contribution is 2.14. The van der Waals surface area contributed by atoms with E-state index in [0.717, 1.165) is 0 Å². The van der Waals surface area contributed by atoms with Crippen molar-refractivity contribution in [3.8, 4) is 0 Å². The summed E-state index contributed by atoms with van der Waals surface area (Å²) in [7, 11) is 1.69. The molecule has 0 saturated carbocycles. The summed E-state index contributed by atoms with van der Waals surface area (Å²) in [6, 6.07) is -0.632. The van der Waals surface area contributed by atoms with Gasteiger partial charge in [-0.2, -0.15) is 0 Å². The zero-order valence-corrected chi connectivity index (χ0v) is 6.75. The molecular formula is C7H8ClNO2. The summed E-state index contributed by atoms with van der Waals surface area (Å²) in [6.07, 6.45) is 4.78. The Morgan fingerprint density at radius 2 is 2.45 bits per heavy atom. The van der Waals surface area contributed by atoms with Gasteiger partial charge in [-0.3, -0.25) is 0 Å². The first-order valence-electron chi connectivity index (χ1n) is 3.11. The van der Waals surface area contributed by atoms with Gasteiger partial charge in [-0.25, -0.2) is 4.79 Å². The molecule has 0 bridgehead atoms. The third kappa shape index (κ3) is 1.74. The van der Waals surface area contributed by atoms with Gasteiger partial charge in [0, 0.05) is 18.3 Å². The van der Waals surface area contributed by atoms with E-state index < -0.39 is 12.0 Å². The van der Waals surface area contributed by atoms with Gasteiger partial charge < -0.3 is 10.0 Å². The van der Waals surface area contributed by atoms with Crippen LogP contribution in [-0.4, -0.2) is 29.1 Å². The van der Waals surface area contributed by atoms with Gasteiger partial charge in [0.25, 0.3) is 0 Å². The summed E-state index contributed by atoms with van der Waals surface area (Å²) >= 11 is 5.61. The molecule has 0 amide bonds. The van der Waals surface area contributed by atoms with Gasteiger partial charge in [-0.1, -0.05) is 11.6 Å². The molecule has 1 atom stereocenters. The number of hydrogen-bond donors (Lipinski definition) is 1. The minimum absolute atomic E-state index is 0.468. The molecule has 3 nitrogen and oxygen atoms in total. The van der Waals surface area contributed by atoms with Gasteiger partial charge in [-0.05, 0) is 12.2 Å². The summed E-state index contributed by atoms with van der Waals surface area (Å²) < 4.78 is 0. The Kier molecular flexibility index (Phi) is 2.19. The number of allylic oxidation sites excluding steroid dienone is 2. The van der Waals surface area contributed by atoms with Gasteiger partial charge in [-0.15, -0.1) is 0 Å². The first-order valence-corrected chi connectivity index (χ1v) is 3.49. The lowest BCUT2D eigenvalue weighted by molar-refractivity contribution is -0.140. The Morgan fingerprint density at radius 1 is 1.82 bits per heavy atom. The molecule has 1 N–H and O–H groups in total. The third-order valence-electron chi connectivity index (χ3n) is 1.48. The van der Waals surface area contributed by atoms with Gasteiger partial charge >= 0.3 is 5.97 Å². The fraction of sp³-hybridized carbons (Fsp3) is 0.286. The van der Waals surface area contributed by atoms with Crippen LogP contribution in [0.15, 0.2) is 23.4 Å². The lowest BCUT2D eigenvalue weighted by Crippen LogP contribution is -2.34. The molecule has 0 spiro atoms. The van der Waals surface area contributed by atoms with E-state index in [0.29, 0.717) is 5.03 Å². The van der Waals surface area contributed by atoms with E-state index in [1.54, 1.807) is 24.2 Å². The Bertz CT molecular complexity index is 235. The van der Waals surface area contributed by atoms with Crippen LogP contribution in [0.1, 0.15) is 0 Å². The van der Waals surface area contributed by atoms with E-state index in [4.69, 9.17) is 16.7 Å².